The van der Waals surface area contributed by atoms with E-state index in [4.69, 9.17) is 0 Å². The summed E-state index contributed by atoms with van der Waals surface area (Å²) in [5.74, 6) is -0.269. The molecular weight excluding hydrogens is 264 g/mol. The van der Waals surface area contributed by atoms with Crippen LogP contribution in [0.5, 0.6) is 0 Å². The van der Waals surface area contributed by atoms with Crippen molar-refractivity contribution in [2.75, 3.05) is 7.11 Å². The van der Waals surface area contributed by atoms with Gasteiger partial charge in [-0.15, -0.1) is 0 Å². The number of ether oxygens (including phenoxy) is 1. The van der Waals surface area contributed by atoms with Gasteiger partial charge in [0.25, 0.3) is 5.97 Å². The van der Waals surface area contributed by atoms with E-state index in [0.29, 0.717) is 0 Å². The molecule has 0 saturated carbocycles. The predicted molar refractivity (Wildman–Crippen MR) is 22.0 cm³/mol. The molecule has 0 amide bonds. The van der Waals surface area contributed by atoms with E-state index in [1.807, 2.05) is 0 Å². The first kappa shape index (κ1) is 10.2. The van der Waals surface area contributed by atoms with Gasteiger partial charge in [0.1, 0.15) is 0 Å². The van der Waals surface area contributed by atoms with E-state index in [1.165, 1.54) is 7.11 Å². The molecule has 0 rings (SSSR count). The van der Waals surface area contributed by atoms with Crippen LogP contribution in [0.4, 0.5) is 0 Å². The SMILES string of the molecule is [CH2-]CC(=O)OC.[W]. The van der Waals surface area contributed by atoms with Crippen molar-refractivity contribution < 1.29 is 30.6 Å². The maximum absolute atomic E-state index is 9.90. The quantitative estimate of drug-likeness (QED) is 0.509. The fourth-order valence-corrected chi connectivity index (χ4v) is 0.102. The molecule has 0 aromatic rings. The Morgan fingerprint density at radius 1 is 1.86 bits per heavy atom. The van der Waals surface area contributed by atoms with Gasteiger partial charge >= 0.3 is 0 Å². The molecule has 42 valence electrons. The summed E-state index contributed by atoms with van der Waals surface area (Å²) >= 11 is 0. The Balaban J connectivity index is 0. The number of hydrogen-bond acceptors (Lipinski definition) is 2. The van der Waals surface area contributed by atoms with E-state index in [0.717, 1.165) is 0 Å². The number of carbonyl (C=O) groups excluding carboxylic acids is 1. The number of carbonyl (C=O) groups is 1. The fourth-order valence-electron chi connectivity index (χ4n) is 0.102. The number of hydrogen-bond donors (Lipinski definition) is 0. The van der Waals surface area contributed by atoms with Crippen molar-refractivity contribution in [1.29, 1.82) is 0 Å². The minimum Gasteiger partial charge on any atom is -0.471 e. The van der Waals surface area contributed by atoms with E-state index >= 15 is 0 Å². The first-order valence-electron chi connectivity index (χ1n) is 1.67. The van der Waals surface area contributed by atoms with Crippen LogP contribution in [0.1, 0.15) is 6.42 Å². The zero-order valence-corrected chi connectivity index (χ0v) is 7.07. The molecular formula is C4H7O2W-. The molecule has 0 spiro atoms. The summed E-state index contributed by atoms with van der Waals surface area (Å²) in [7, 11) is 1.34. The maximum Gasteiger partial charge on any atom is 0.275 e. The van der Waals surface area contributed by atoms with Crippen molar-refractivity contribution in [2.24, 2.45) is 0 Å². The number of esters is 1. The molecule has 0 bridgehead atoms. The van der Waals surface area contributed by atoms with Crippen molar-refractivity contribution >= 4 is 5.97 Å². The van der Waals surface area contributed by atoms with E-state index in [9.17, 15) is 4.79 Å². The van der Waals surface area contributed by atoms with Gasteiger partial charge in [-0.3, -0.25) is 4.79 Å². The van der Waals surface area contributed by atoms with Crippen LogP contribution in [0.2, 0.25) is 0 Å². The first-order chi connectivity index (χ1) is 2.81. The van der Waals surface area contributed by atoms with E-state index in [1.54, 1.807) is 0 Å². The summed E-state index contributed by atoms with van der Waals surface area (Å²) in [6, 6.07) is 0. The van der Waals surface area contributed by atoms with Gasteiger partial charge in [0.05, 0.1) is 7.11 Å². The van der Waals surface area contributed by atoms with Gasteiger partial charge < -0.3 is 11.7 Å². The largest absolute Gasteiger partial charge is 0.471 e. The molecule has 0 aromatic heterocycles. The zero-order valence-electron chi connectivity index (χ0n) is 4.14. The van der Waals surface area contributed by atoms with Crippen molar-refractivity contribution in [2.45, 2.75) is 6.42 Å². The Morgan fingerprint density at radius 2 is 2.29 bits per heavy atom. The minimum atomic E-state index is -0.269. The summed E-state index contributed by atoms with van der Waals surface area (Å²) in [5, 5.41) is 0. The third-order valence-electron chi connectivity index (χ3n) is 0.432. The van der Waals surface area contributed by atoms with Crippen molar-refractivity contribution in [3.05, 3.63) is 6.92 Å². The standard InChI is InChI=1S/C4H7O2.W/c1-3-4(5)6-2;/h1,3H2,2H3;/q-1;. The van der Waals surface area contributed by atoms with Crippen molar-refractivity contribution in [1.82, 2.24) is 0 Å². The normalized spacial score (nSPS) is 6.57. The topological polar surface area (TPSA) is 26.3 Å². The molecule has 0 N–H and O–H groups in total. The Kier molecular flexibility index (Phi) is 8.98. The average molecular weight is 271 g/mol. The van der Waals surface area contributed by atoms with Crippen LogP contribution in [0.25, 0.3) is 0 Å². The molecule has 0 aliphatic rings. The third kappa shape index (κ3) is 6.16. The second-order valence-electron chi connectivity index (χ2n) is 0.826. The predicted octanol–water partition coefficient (Wildman–Crippen LogP) is 0.381. The molecule has 2 nitrogen and oxygen atoms in total. The smallest absolute Gasteiger partial charge is 0.275 e. The minimum absolute atomic E-state index is 0. The monoisotopic (exact) mass is 271 g/mol. The van der Waals surface area contributed by atoms with Gasteiger partial charge in [-0.2, -0.15) is 0 Å². The summed E-state index contributed by atoms with van der Waals surface area (Å²) in [4.78, 5) is 9.90. The number of methoxy groups -OCH3 is 1. The Hall–Kier alpha value is 0.158. The van der Waals surface area contributed by atoms with Gasteiger partial charge in [-0.25, -0.2) is 0 Å². The molecule has 0 radical (unpaired) electrons. The second-order valence-corrected chi connectivity index (χ2v) is 0.826. The first-order valence-corrected chi connectivity index (χ1v) is 1.67. The molecule has 0 heterocycles. The molecule has 0 aliphatic carbocycles. The molecule has 0 saturated heterocycles. The van der Waals surface area contributed by atoms with E-state index in [-0.39, 0.29) is 33.5 Å². The molecule has 7 heavy (non-hydrogen) atoms. The maximum atomic E-state index is 9.90. The molecule has 0 fully saturated rings. The van der Waals surface area contributed by atoms with Gasteiger partial charge in [0, 0.05) is 21.1 Å². The van der Waals surface area contributed by atoms with Crippen LogP contribution in [0.3, 0.4) is 0 Å². The molecule has 0 aliphatic heterocycles. The van der Waals surface area contributed by atoms with Crippen LogP contribution in [0.15, 0.2) is 0 Å². The summed E-state index contributed by atoms with van der Waals surface area (Å²) < 4.78 is 4.20. The fraction of sp³-hybridized carbons (Fsp3) is 0.500. The number of rotatable bonds is 1. The van der Waals surface area contributed by atoms with Crippen LogP contribution >= 0.6 is 0 Å². The van der Waals surface area contributed by atoms with Gasteiger partial charge in [0.2, 0.25) is 0 Å². The second kappa shape index (κ2) is 6.16. The molecule has 0 atom stereocenters. The zero-order chi connectivity index (χ0) is 4.99. The van der Waals surface area contributed by atoms with Crippen LogP contribution in [0, 0.1) is 6.92 Å². The molecule has 0 aromatic carbocycles. The Labute approximate surface area is 57.5 Å². The van der Waals surface area contributed by atoms with Crippen LogP contribution in [-0.4, -0.2) is 13.1 Å². The summed E-state index contributed by atoms with van der Waals surface area (Å²) in [6.45, 7) is 3.28. The summed E-state index contributed by atoms with van der Waals surface area (Å²) in [6.07, 6.45) is 0.219. The van der Waals surface area contributed by atoms with Crippen molar-refractivity contribution in [3.8, 4) is 0 Å². The van der Waals surface area contributed by atoms with Gasteiger partial charge in [-0.05, 0) is 0 Å². The Bertz CT molecular complexity index is 47.7. The van der Waals surface area contributed by atoms with Gasteiger partial charge in [0.15, 0.2) is 0 Å². The van der Waals surface area contributed by atoms with Crippen LogP contribution < -0.4 is 0 Å². The summed E-state index contributed by atoms with van der Waals surface area (Å²) in [5.41, 5.74) is 0. The van der Waals surface area contributed by atoms with E-state index in [2.05, 4.69) is 11.7 Å². The average Bonchev–Trinajstić information content (AvgIpc) is 1.65. The van der Waals surface area contributed by atoms with E-state index < -0.39 is 0 Å². The Morgan fingerprint density at radius 3 is 2.29 bits per heavy atom. The van der Waals surface area contributed by atoms with Crippen molar-refractivity contribution in [3.63, 3.8) is 0 Å². The van der Waals surface area contributed by atoms with Gasteiger partial charge in [-0.1, -0.05) is 6.42 Å². The third-order valence-corrected chi connectivity index (χ3v) is 0.432. The molecule has 0 unspecified atom stereocenters. The molecule has 3 heteroatoms. The van der Waals surface area contributed by atoms with Crippen LogP contribution in [-0.2, 0) is 30.6 Å².